The summed E-state index contributed by atoms with van der Waals surface area (Å²) >= 11 is 1.62. The molecule has 0 saturated carbocycles. The van der Waals surface area contributed by atoms with Crippen LogP contribution in [-0.2, 0) is 20.7 Å². The molecule has 2 atom stereocenters. The van der Waals surface area contributed by atoms with Crippen LogP contribution in [0.1, 0.15) is 55.2 Å². The Hall–Kier alpha value is -3.01. The van der Waals surface area contributed by atoms with E-state index >= 15 is 0 Å². The maximum atomic E-state index is 12.9. The fourth-order valence-corrected chi connectivity index (χ4v) is 5.10. The highest BCUT2D eigenvalue weighted by atomic mass is 32.1. The fourth-order valence-electron chi connectivity index (χ4n) is 4.38. The number of hydrogen-bond donors (Lipinski definition) is 3. The molecule has 0 aliphatic heterocycles. The number of likely N-dealkylation sites (N-methyl/N-ethyl adjacent to an activating group) is 1. The number of carboxylic acid groups (broad SMARTS) is 1. The van der Waals surface area contributed by atoms with Gasteiger partial charge in [0.05, 0.1) is 15.7 Å². The van der Waals surface area contributed by atoms with Gasteiger partial charge in [-0.1, -0.05) is 24.6 Å². The molecule has 3 N–H and O–H groups in total. The molecule has 1 heterocycles. The molecule has 3 rings (SSSR count). The van der Waals surface area contributed by atoms with E-state index in [2.05, 4.69) is 48.4 Å². The van der Waals surface area contributed by atoms with Crippen molar-refractivity contribution in [1.82, 2.24) is 9.88 Å². The summed E-state index contributed by atoms with van der Waals surface area (Å²) in [6.07, 6.45) is 2.81. The second-order valence-electron chi connectivity index (χ2n) is 10.1. The monoisotopic (exact) mass is 555 g/mol. The van der Waals surface area contributed by atoms with Gasteiger partial charge in [-0.15, -0.1) is 11.3 Å². The van der Waals surface area contributed by atoms with E-state index in [1.807, 2.05) is 17.6 Å². The van der Waals surface area contributed by atoms with E-state index in [9.17, 15) is 19.8 Å². The van der Waals surface area contributed by atoms with Crippen LogP contribution in [0.2, 0.25) is 0 Å². The van der Waals surface area contributed by atoms with Crippen LogP contribution in [0, 0.1) is 13.8 Å². The number of amides is 1. The van der Waals surface area contributed by atoms with Gasteiger partial charge in [0.25, 0.3) is 5.91 Å². The maximum absolute atomic E-state index is 12.9. The Bertz CT molecular complexity index is 1210. The number of aliphatic carboxylic acids is 1. The number of ether oxygens (including phenoxy) is 1. The summed E-state index contributed by atoms with van der Waals surface area (Å²) in [4.78, 5) is 30.1. The second kappa shape index (κ2) is 15.5. The highest BCUT2D eigenvalue weighted by Gasteiger charge is 2.34. The number of aliphatic hydroxyl groups excluding tert-OH is 1. The first-order chi connectivity index (χ1) is 18.8. The van der Waals surface area contributed by atoms with Gasteiger partial charge in [0, 0.05) is 32.4 Å². The number of anilines is 1. The van der Waals surface area contributed by atoms with Gasteiger partial charge in [0.15, 0.2) is 12.2 Å². The Balaban J connectivity index is 1.34. The standard InChI is InChI=1S/C30H41N3O5S/c1-21-11-12-23(18-22(21)2)10-6-4-9-17-38-28(27(34)30(36)37)29(35)33(3)16-8-5-7-15-31-24-13-14-25-26(19-24)39-20-32-25/h11-14,18-20,27-28,31,34H,4-10,15-17H2,1-3H3,(H,36,37)/t27-,28-/m1/s1. The third-order valence-electron chi connectivity index (χ3n) is 6.97. The van der Waals surface area contributed by atoms with Crippen molar-refractivity contribution in [2.24, 2.45) is 0 Å². The van der Waals surface area contributed by atoms with Crippen molar-refractivity contribution in [1.29, 1.82) is 0 Å². The van der Waals surface area contributed by atoms with Crippen LogP contribution in [0.15, 0.2) is 41.9 Å². The summed E-state index contributed by atoms with van der Waals surface area (Å²) < 4.78 is 6.77. The number of aliphatic hydroxyl groups is 1. The summed E-state index contributed by atoms with van der Waals surface area (Å²) in [5.41, 5.74) is 7.76. The zero-order valence-corrected chi connectivity index (χ0v) is 24.0. The summed E-state index contributed by atoms with van der Waals surface area (Å²) in [7, 11) is 1.62. The Labute approximate surface area is 235 Å². The van der Waals surface area contributed by atoms with Crippen molar-refractivity contribution in [3.05, 3.63) is 58.6 Å². The highest BCUT2D eigenvalue weighted by molar-refractivity contribution is 7.16. The molecule has 0 aliphatic rings. The van der Waals surface area contributed by atoms with Crippen molar-refractivity contribution < 1.29 is 24.5 Å². The van der Waals surface area contributed by atoms with Gasteiger partial charge in [0.1, 0.15) is 0 Å². The van der Waals surface area contributed by atoms with Gasteiger partial charge in [0.2, 0.25) is 0 Å². The summed E-state index contributed by atoms with van der Waals surface area (Å²) in [5.74, 6) is -1.96. The number of nitrogens with zero attached hydrogens (tertiary/aromatic N) is 2. The SMILES string of the molecule is Cc1ccc(CCCCCO[C@@H](C(=O)N(C)CCCCCNc2ccc3ncsc3c2)[C@@H](O)C(=O)O)cc1C. The van der Waals surface area contributed by atoms with Crippen molar-refractivity contribution >= 4 is 39.1 Å². The van der Waals surface area contributed by atoms with E-state index in [-0.39, 0.29) is 6.61 Å². The molecule has 0 unspecified atom stereocenters. The molecule has 9 heteroatoms. The molecule has 0 fully saturated rings. The highest BCUT2D eigenvalue weighted by Crippen LogP contribution is 2.22. The molecule has 1 aromatic heterocycles. The predicted molar refractivity (Wildman–Crippen MR) is 156 cm³/mol. The number of rotatable bonds is 17. The number of hydrogen-bond acceptors (Lipinski definition) is 7. The first-order valence-electron chi connectivity index (χ1n) is 13.7. The second-order valence-corrected chi connectivity index (χ2v) is 11.0. The lowest BCUT2D eigenvalue weighted by atomic mass is 10.0. The van der Waals surface area contributed by atoms with Gasteiger partial charge < -0.3 is 25.2 Å². The molecular formula is C30H41N3O5S. The average molecular weight is 556 g/mol. The van der Waals surface area contributed by atoms with Crippen LogP contribution in [0.3, 0.4) is 0 Å². The van der Waals surface area contributed by atoms with Crippen molar-refractivity contribution in [3.8, 4) is 0 Å². The minimum atomic E-state index is -1.89. The molecule has 0 spiro atoms. The quantitative estimate of drug-likeness (QED) is 0.196. The van der Waals surface area contributed by atoms with E-state index < -0.39 is 24.1 Å². The normalized spacial score (nSPS) is 12.8. The van der Waals surface area contributed by atoms with Gasteiger partial charge in [-0.25, -0.2) is 9.78 Å². The van der Waals surface area contributed by atoms with Gasteiger partial charge >= 0.3 is 5.97 Å². The lowest BCUT2D eigenvalue weighted by Gasteiger charge is -2.25. The number of carbonyl (C=O) groups excluding carboxylic acids is 1. The molecule has 39 heavy (non-hydrogen) atoms. The topological polar surface area (TPSA) is 112 Å². The number of aromatic nitrogens is 1. The van der Waals surface area contributed by atoms with Crippen LogP contribution < -0.4 is 5.32 Å². The maximum Gasteiger partial charge on any atom is 0.335 e. The molecule has 2 aromatic carbocycles. The van der Waals surface area contributed by atoms with Gasteiger partial charge in [-0.3, -0.25) is 4.79 Å². The van der Waals surface area contributed by atoms with Crippen LogP contribution >= 0.6 is 11.3 Å². The first-order valence-corrected chi connectivity index (χ1v) is 14.5. The number of benzene rings is 2. The number of fused-ring (bicyclic) bond motifs is 1. The van der Waals surface area contributed by atoms with Crippen LogP contribution in [0.25, 0.3) is 10.2 Å². The predicted octanol–water partition coefficient (Wildman–Crippen LogP) is 5.20. The van der Waals surface area contributed by atoms with Crippen LogP contribution in [0.4, 0.5) is 5.69 Å². The zero-order valence-electron chi connectivity index (χ0n) is 23.2. The Kier molecular flexibility index (Phi) is 12.2. The first kappa shape index (κ1) is 30.5. The summed E-state index contributed by atoms with van der Waals surface area (Å²) in [6.45, 7) is 5.71. The van der Waals surface area contributed by atoms with E-state index in [1.54, 1.807) is 18.4 Å². The Morgan fingerprint density at radius 2 is 1.82 bits per heavy atom. The largest absolute Gasteiger partial charge is 0.479 e. The number of carboxylic acids is 1. The molecule has 1 amide bonds. The van der Waals surface area contributed by atoms with Crippen LogP contribution in [-0.4, -0.2) is 70.9 Å². The molecule has 212 valence electrons. The molecule has 0 radical (unpaired) electrons. The van der Waals surface area contributed by atoms with Crippen molar-refractivity contribution in [2.45, 2.75) is 71.0 Å². The Morgan fingerprint density at radius 3 is 2.59 bits per heavy atom. The van der Waals surface area contributed by atoms with Gasteiger partial charge in [-0.2, -0.15) is 0 Å². The molecular weight excluding hydrogens is 514 g/mol. The molecule has 3 aromatic rings. The number of unbranched alkanes of at least 4 members (excludes halogenated alkanes) is 4. The minimum Gasteiger partial charge on any atom is -0.479 e. The number of thiazole rings is 1. The molecule has 0 saturated heterocycles. The lowest BCUT2D eigenvalue weighted by Crippen LogP contribution is -2.48. The lowest BCUT2D eigenvalue weighted by molar-refractivity contribution is -0.166. The summed E-state index contributed by atoms with van der Waals surface area (Å²) in [6, 6.07) is 12.6. The number of aryl methyl sites for hydroxylation is 3. The van der Waals surface area contributed by atoms with Crippen molar-refractivity contribution in [2.75, 3.05) is 32.1 Å². The van der Waals surface area contributed by atoms with E-state index in [4.69, 9.17) is 4.74 Å². The molecule has 0 bridgehead atoms. The fraction of sp³-hybridized carbons (Fsp3) is 0.500. The third-order valence-corrected chi connectivity index (χ3v) is 7.76. The molecule has 8 nitrogen and oxygen atoms in total. The summed E-state index contributed by atoms with van der Waals surface area (Å²) in [5, 5.41) is 22.8. The minimum absolute atomic E-state index is 0.223. The van der Waals surface area contributed by atoms with E-state index in [1.165, 1.54) is 21.6 Å². The number of carbonyl (C=O) groups is 2. The third kappa shape index (κ3) is 9.60. The number of nitrogens with one attached hydrogen (secondary N) is 1. The molecule has 0 aliphatic carbocycles. The smallest absolute Gasteiger partial charge is 0.335 e. The van der Waals surface area contributed by atoms with Gasteiger partial charge in [-0.05, 0) is 87.3 Å². The van der Waals surface area contributed by atoms with E-state index in [0.29, 0.717) is 13.0 Å². The van der Waals surface area contributed by atoms with Crippen LogP contribution in [0.5, 0.6) is 0 Å². The average Bonchev–Trinajstić information content (AvgIpc) is 3.39. The van der Waals surface area contributed by atoms with Crippen molar-refractivity contribution in [3.63, 3.8) is 0 Å². The van der Waals surface area contributed by atoms with E-state index in [0.717, 1.165) is 61.0 Å². The zero-order chi connectivity index (χ0) is 28.2. The Morgan fingerprint density at radius 1 is 1.03 bits per heavy atom.